The molecule has 2 rings (SSSR count). The number of carbonyl (C=O) groups excluding carboxylic acids is 1. The lowest BCUT2D eigenvalue weighted by Crippen LogP contribution is -2.46. The van der Waals surface area contributed by atoms with Gasteiger partial charge in [-0.1, -0.05) is 25.8 Å². The van der Waals surface area contributed by atoms with Crippen LogP contribution in [0.1, 0.15) is 71.6 Å². The molecule has 1 fully saturated rings. The average Bonchev–Trinajstić information content (AvgIpc) is 2.67. The minimum atomic E-state index is -0.497. The molecule has 0 aromatic carbocycles. The van der Waals surface area contributed by atoms with Crippen LogP contribution in [0.2, 0.25) is 0 Å². The second kappa shape index (κ2) is 6.69. The summed E-state index contributed by atoms with van der Waals surface area (Å²) in [5, 5.41) is 0. The van der Waals surface area contributed by atoms with Crippen LogP contribution >= 0.6 is 0 Å². The van der Waals surface area contributed by atoms with E-state index in [-0.39, 0.29) is 0 Å². The minimum absolute atomic E-state index is 0.308. The summed E-state index contributed by atoms with van der Waals surface area (Å²) in [6.45, 7) is 4.91. The van der Waals surface area contributed by atoms with Crippen LogP contribution < -0.4 is 0 Å². The molecular weight excluding hydrogens is 236 g/mol. The van der Waals surface area contributed by atoms with Gasteiger partial charge in [-0.05, 0) is 63.4 Å². The normalized spacial score (nSPS) is 32.5. The Balaban J connectivity index is 2.17. The van der Waals surface area contributed by atoms with E-state index in [9.17, 15) is 4.79 Å². The number of Topliss-reactive ketones (excluding diaryl/α,β-unsaturated/α-hetero) is 1. The van der Waals surface area contributed by atoms with Gasteiger partial charge in [0.05, 0.1) is 0 Å². The summed E-state index contributed by atoms with van der Waals surface area (Å²) in [5.74, 6) is 0.915. The highest BCUT2D eigenvalue weighted by molar-refractivity contribution is 6.02. The van der Waals surface area contributed by atoms with Crippen molar-refractivity contribution in [2.75, 3.05) is 6.61 Å². The van der Waals surface area contributed by atoms with Gasteiger partial charge in [0, 0.05) is 6.61 Å². The standard InChI is InChI=1S/C17H28O2/c1-3-19-17(12-8-9-14(2)13-17)16(18)15-10-6-4-5-7-11-15/h10,14H,3-9,11-13H2,1-2H3. The van der Waals surface area contributed by atoms with Crippen molar-refractivity contribution in [2.24, 2.45) is 5.92 Å². The van der Waals surface area contributed by atoms with Crippen molar-refractivity contribution in [3.63, 3.8) is 0 Å². The summed E-state index contributed by atoms with van der Waals surface area (Å²) in [6, 6.07) is 0. The van der Waals surface area contributed by atoms with Crippen LogP contribution in [0.15, 0.2) is 11.6 Å². The molecule has 2 aliphatic rings. The SMILES string of the molecule is CCOC1(C(=O)C2=CCCCCC2)CCCC(C)C1. The number of hydrogen-bond acceptors (Lipinski definition) is 2. The highest BCUT2D eigenvalue weighted by atomic mass is 16.5. The van der Waals surface area contributed by atoms with Gasteiger partial charge in [0.2, 0.25) is 0 Å². The first-order chi connectivity index (χ1) is 9.18. The van der Waals surface area contributed by atoms with E-state index in [0.29, 0.717) is 18.3 Å². The molecule has 2 nitrogen and oxygen atoms in total. The summed E-state index contributed by atoms with van der Waals surface area (Å²) >= 11 is 0. The molecule has 0 radical (unpaired) electrons. The zero-order valence-electron chi connectivity index (χ0n) is 12.5. The van der Waals surface area contributed by atoms with Crippen molar-refractivity contribution in [1.29, 1.82) is 0 Å². The fourth-order valence-electron chi connectivity index (χ4n) is 3.70. The molecule has 0 amide bonds. The predicted octanol–water partition coefficient (Wildman–Crippen LogP) is 4.43. The largest absolute Gasteiger partial charge is 0.367 e. The smallest absolute Gasteiger partial charge is 0.190 e. The van der Waals surface area contributed by atoms with Crippen LogP contribution in [0.5, 0.6) is 0 Å². The Kier molecular flexibility index (Phi) is 5.20. The third kappa shape index (κ3) is 3.47. The van der Waals surface area contributed by atoms with Gasteiger partial charge in [0.15, 0.2) is 5.78 Å². The van der Waals surface area contributed by atoms with Crippen LogP contribution in [0.3, 0.4) is 0 Å². The number of rotatable bonds is 4. The third-order valence-corrected chi connectivity index (χ3v) is 4.62. The minimum Gasteiger partial charge on any atom is -0.367 e. The van der Waals surface area contributed by atoms with Crippen LogP contribution in [0, 0.1) is 5.92 Å². The Labute approximate surface area is 117 Å². The maximum Gasteiger partial charge on any atom is 0.190 e. The maximum absolute atomic E-state index is 13.0. The molecule has 2 atom stereocenters. The maximum atomic E-state index is 13.0. The highest BCUT2D eigenvalue weighted by Gasteiger charge is 2.43. The predicted molar refractivity (Wildman–Crippen MR) is 78.2 cm³/mol. The fourth-order valence-corrected chi connectivity index (χ4v) is 3.70. The summed E-state index contributed by atoms with van der Waals surface area (Å²) in [5.41, 5.74) is 0.558. The first-order valence-corrected chi connectivity index (χ1v) is 8.06. The van der Waals surface area contributed by atoms with Crippen LogP contribution in [-0.2, 0) is 9.53 Å². The van der Waals surface area contributed by atoms with Gasteiger partial charge in [-0.3, -0.25) is 4.79 Å². The molecule has 0 bridgehead atoms. The molecule has 0 aromatic heterocycles. The first kappa shape index (κ1) is 14.8. The molecule has 0 aromatic rings. The molecule has 19 heavy (non-hydrogen) atoms. The molecule has 0 aliphatic heterocycles. The summed E-state index contributed by atoms with van der Waals surface area (Å²) in [6.07, 6.45) is 12.1. The molecule has 2 heteroatoms. The van der Waals surface area contributed by atoms with Crippen molar-refractivity contribution < 1.29 is 9.53 Å². The third-order valence-electron chi connectivity index (χ3n) is 4.62. The van der Waals surface area contributed by atoms with Crippen LogP contribution in [-0.4, -0.2) is 18.0 Å². The van der Waals surface area contributed by atoms with E-state index in [0.717, 1.165) is 44.1 Å². The zero-order chi connectivity index (χ0) is 13.7. The van der Waals surface area contributed by atoms with Gasteiger partial charge in [-0.25, -0.2) is 0 Å². The number of ketones is 1. The fraction of sp³-hybridized carbons (Fsp3) is 0.824. The summed E-state index contributed by atoms with van der Waals surface area (Å²) in [7, 11) is 0. The molecule has 1 saturated carbocycles. The van der Waals surface area contributed by atoms with E-state index in [1.807, 2.05) is 6.92 Å². The van der Waals surface area contributed by atoms with Gasteiger partial charge in [-0.15, -0.1) is 0 Å². The molecule has 0 saturated heterocycles. The van der Waals surface area contributed by atoms with E-state index in [4.69, 9.17) is 4.74 Å². The van der Waals surface area contributed by atoms with E-state index in [1.165, 1.54) is 19.3 Å². The zero-order valence-corrected chi connectivity index (χ0v) is 12.5. The quantitative estimate of drug-likeness (QED) is 0.750. The molecule has 0 heterocycles. The number of hydrogen-bond donors (Lipinski definition) is 0. The monoisotopic (exact) mass is 264 g/mol. The lowest BCUT2D eigenvalue weighted by atomic mass is 9.74. The summed E-state index contributed by atoms with van der Waals surface area (Å²) in [4.78, 5) is 13.0. The Bertz CT molecular complexity index is 341. The number of ether oxygens (including phenoxy) is 1. The highest BCUT2D eigenvalue weighted by Crippen LogP contribution is 2.38. The lowest BCUT2D eigenvalue weighted by molar-refractivity contribution is -0.147. The Morgan fingerprint density at radius 1 is 1.37 bits per heavy atom. The van der Waals surface area contributed by atoms with Crippen LogP contribution in [0.4, 0.5) is 0 Å². The van der Waals surface area contributed by atoms with E-state index >= 15 is 0 Å². The lowest BCUT2D eigenvalue weighted by Gasteiger charge is -2.39. The molecule has 0 spiro atoms. The molecule has 2 unspecified atom stereocenters. The van der Waals surface area contributed by atoms with Gasteiger partial charge in [-0.2, -0.15) is 0 Å². The van der Waals surface area contributed by atoms with Crippen LogP contribution in [0.25, 0.3) is 0 Å². The van der Waals surface area contributed by atoms with Crippen molar-refractivity contribution in [2.45, 2.75) is 77.2 Å². The van der Waals surface area contributed by atoms with Crippen molar-refractivity contribution in [1.82, 2.24) is 0 Å². The van der Waals surface area contributed by atoms with Crippen molar-refractivity contribution >= 4 is 5.78 Å². The summed E-state index contributed by atoms with van der Waals surface area (Å²) < 4.78 is 6.01. The molecular formula is C17H28O2. The van der Waals surface area contributed by atoms with Crippen molar-refractivity contribution in [3.8, 4) is 0 Å². The number of carbonyl (C=O) groups is 1. The molecule has 2 aliphatic carbocycles. The molecule has 0 N–H and O–H groups in total. The van der Waals surface area contributed by atoms with E-state index in [1.54, 1.807) is 0 Å². The van der Waals surface area contributed by atoms with E-state index < -0.39 is 5.60 Å². The Morgan fingerprint density at radius 2 is 2.21 bits per heavy atom. The Hall–Kier alpha value is -0.630. The molecule has 108 valence electrons. The van der Waals surface area contributed by atoms with Gasteiger partial charge in [0.25, 0.3) is 0 Å². The van der Waals surface area contributed by atoms with E-state index in [2.05, 4.69) is 13.0 Å². The van der Waals surface area contributed by atoms with Gasteiger partial charge < -0.3 is 4.74 Å². The van der Waals surface area contributed by atoms with Gasteiger partial charge in [0.1, 0.15) is 5.60 Å². The van der Waals surface area contributed by atoms with Gasteiger partial charge >= 0.3 is 0 Å². The topological polar surface area (TPSA) is 26.3 Å². The second-order valence-electron chi connectivity index (χ2n) is 6.29. The second-order valence-corrected chi connectivity index (χ2v) is 6.29. The average molecular weight is 264 g/mol. The first-order valence-electron chi connectivity index (χ1n) is 8.06. The van der Waals surface area contributed by atoms with Crippen molar-refractivity contribution in [3.05, 3.63) is 11.6 Å². The number of allylic oxidation sites excluding steroid dienone is 1. The Morgan fingerprint density at radius 3 is 2.95 bits per heavy atom.